The summed E-state index contributed by atoms with van der Waals surface area (Å²) in [5.74, 6) is 5.16. The molecule has 0 saturated carbocycles. The molecule has 0 heterocycles. The van der Waals surface area contributed by atoms with Crippen LogP contribution in [0.1, 0.15) is 16.7 Å². The lowest BCUT2D eigenvalue weighted by molar-refractivity contribution is 0.105. The molecule has 0 aliphatic carbocycles. The van der Waals surface area contributed by atoms with Crippen LogP contribution >= 0.6 is 0 Å². The van der Waals surface area contributed by atoms with Crippen LogP contribution < -0.4 is 0 Å². The number of ether oxygens (including phenoxy) is 1. The number of hydrogen-bond acceptors (Lipinski definition) is 2. The topological polar surface area (TPSA) is 29.5 Å². The molecule has 0 spiro atoms. The number of aliphatic hydroxyl groups excluding tert-OH is 1. The first-order chi connectivity index (χ1) is 9.79. The van der Waals surface area contributed by atoms with Crippen molar-refractivity contribution in [3.8, 4) is 11.8 Å². The molecule has 102 valence electrons. The number of benzene rings is 2. The highest BCUT2D eigenvalue weighted by atomic mass is 19.1. The van der Waals surface area contributed by atoms with Crippen molar-refractivity contribution in [3.05, 3.63) is 71.0 Å². The molecule has 2 rings (SSSR count). The van der Waals surface area contributed by atoms with Crippen LogP contribution in [-0.4, -0.2) is 11.7 Å². The van der Waals surface area contributed by atoms with Crippen LogP contribution in [0.25, 0.3) is 0 Å². The van der Waals surface area contributed by atoms with E-state index in [0.29, 0.717) is 12.2 Å². The third-order valence-corrected chi connectivity index (χ3v) is 2.75. The smallest absolute Gasteiger partial charge is 0.128 e. The van der Waals surface area contributed by atoms with E-state index in [4.69, 9.17) is 9.84 Å². The van der Waals surface area contributed by atoms with Gasteiger partial charge in [-0.3, -0.25) is 0 Å². The number of hydrogen-bond donors (Lipinski definition) is 1. The van der Waals surface area contributed by atoms with Gasteiger partial charge in [-0.25, -0.2) is 4.39 Å². The SMILES string of the molecule is OCC#Cc1ccc(COCc2ccccc2F)cc1. The molecular weight excluding hydrogens is 255 g/mol. The van der Waals surface area contributed by atoms with Gasteiger partial charge >= 0.3 is 0 Å². The van der Waals surface area contributed by atoms with E-state index in [-0.39, 0.29) is 19.0 Å². The molecule has 0 saturated heterocycles. The molecule has 1 N–H and O–H groups in total. The van der Waals surface area contributed by atoms with E-state index in [1.807, 2.05) is 24.3 Å². The summed E-state index contributed by atoms with van der Waals surface area (Å²) in [6.07, 6.45) is 0. The third-order valence-electron chi connectivity index (χ3n) is 2.75. The zero-order valence-corrected chi connectivity index (χ0v) is 11.0. The number of rotatable bonds is 4. The van der Waals surface area contributed by atoms with E-state index in [9.17, 15) is 4.39 Å². The predicted octanol–water partition coefficient (Wildman–Crippen LogP) is 2.89. The first-order valence-electron chi connectivity index (χ1n) is 6.29. The van der Waals surface area contributed by atoms with Gasteiger partial charge in [0.2, 0.25) is 0 Å². The van der Waals surface area contributed by atoms with Crippen LogP contribution in [0.4, 0.5) is 4.39 Å². The average Bonchev–Trinajstić information content (AvgIpc) is 2.48. The maximum absolute atomic E-state index is 13.4. The van der Waals surface area contributed by atoms with Gasteiger partial charge in [-0.15, -0.1) is 0 Å². The Hall–Kier alpha value is -2.15. The van der Waals surface area contributed by atoms with Crippen molar-refractivity contribution in [2.75, 3.05) is 6.61 Å². The van der Waals surface area contributed by atoms with Crippen LogP contribution in [0.15, 0.2) is 48.5 Å². The van der Waals surface area contributed by atoms with Crippen molar-refractivity contribution in [2.24, 2.45) is 0 Å². The van der Waals surface area contributed by atoms with E-state index >= 15 is 0 Å². The van der Waals surface area contributed by atoms with E-state index in [1.165, 1.54) is 6.07 Å². The fourth-order valence-corrected chi connectivity index (χ4v) is 1.72. The summed E-state index contributed by atoms with van der Waals surface area (Å²) in [6, 6.07) is 14.1. The van der Waals surface area contributed by atoms with Gasteiger partial charge in [0.15, 0.2) is 0 Å². The first-order valence-corrected chi connectivity index (χ1v) is 6.29. The van der Waals surface area contributed by atoms with Crippen molar-refractivity contribution >= 4 is 0 Å². The van der Waals surface area contributed by atoms with Crippen molar-refractivity contribution in [2.45, 2.75) is 13.2 Å². The van der Waals surface area contributed by atoms with Crippen molar-refractivity contribution in [1.29, 1.82) is 0 Å². The lowest BCUT2D eigenvalue weighted by atomic mass is 10.1. The summed E-state index contributed by atoms with van der Waals surface area (Å²) in [7, 11) is 0. The van der Waals surface area contributed by atoms with Gasteiger partial charge in [-0.1, -0.05) is 42.2 Å². The molecule has 0 aromatic heterocycles. The van der Waals surface area contributed by atoms with Gasteiger partial charge < -0.3 is 9.84 Å². The minimum absolute atomic E-state index is 0.145. The Morgan fingerprint density at radius 1 is 1.00 bits per heavy atom. The molecule has 2 nitrogen and oxygen atoms in total. The summed E-state index contributed by atoms with van der Waals surface area (Å²) < 4.78 is 18.9. The van der Waals surface area contributed by atoms with Gasteiger partial charge in [0.1, 0.15) is 12.4 Å². The van der Waals surface area contributed by atoms with Crippen molar-refractivity contribution < 1.29 is 14.2 Å². The zero-order valence-electron chi connectivity index (χ0n) is 11.0. The normalized spacial score (nSPS) is 9.90. The summed E-state index contributed by atoms with van der Waals surface area (Å²) in [6.45, 7) is 0.522. The average molecular weight is 270 g/mol. The second-order valence-electron chi connectivity index (χ2n) is 4.24. The zero-order chi connectivity index (χ0) is 14.2. The van der Waals surface area contributed by atoms with E-state index in [2.05, 4.69) is 11.8 Å². The molecule has 0 amide bonds. The Kier molecular flexibility index (Phi) is 5.31. The van der Waals surface area contributed by atoms with Gasteiger partial charge in [-0.2, -0.15) is 0 Å². The third kappa shape index (κ3) is 4.20. The molecule has 0 unspecified atom stereocenters. The Labute approximate surface area is 117 Å². The first kappa shape index (κ1) is 14.3. The highest BCUT2D eigenvalue weighted by molar-refractivity contribution is 5.36. The van der Waals surface area contributed by atoms with Crippen LogP contribution in [0.3, 0.4) is 0 Å². The Balaban J connectivity index is 1.87. The van der Waals surface area contributed by atoms with Crippen molar-refractivity contribution in [1.82, 2.24) is 0 Å². The van der Waals surface area contributed by atoms with E-state index < -0.39 is 0 Å². The molecule has 0 atom stereocenters. The second-order valence-corrected chi connectivity index (χ2v) is 4.24. The van der Waals surface area contributed by atoms with Crippen LogP contribution in [0.2, 0.25) is 0 Å². The fraction of sp³-hybridized carbons (Fsp3) is 0.176. The largest absolute Gasteiger partial charge is 0.384 e. The molecule has 0 bridgehead atoms. The van der Waals surface area contributed by atoms with E-state index in [0.717, 1.165) is 11.1 Å². The molecule has 0 fully saturated rings. The molecule has 2 aromatic rings. The van der Waals surface area contributed by atoms with Gasteiger partial charge in [0.05, 0.1) is 13.2 Å². The summed E-state index contributed by atoms with van der Waals surface area (Å²) in [5, 5.41) is 8.60. The van der Waals surface area contributed by atoms with Gasteiger partial charge in [-0.05, 0) is 23.8 Å². The standard InChI is InChI=1S/C17H15FO2/c18-17-6-2-1-5-16(17)13-20-12-15-9-7-14(8-10-15)4-3-11-19/h1-2,5-10,19H,11-13H2. The van der Waals surface area contributed by atoms with Gasteiger partial charge in [0, 0.05) is 11.1 Å². The number of aliphatic hydroxyl groups is 1. The summed E-state index contributed by atoms with van der Waals surface area (Å²) in [5.41, 5.74) is 2.39. The molecule has 0 aliphatic heterocycles. The Morgan fingerprint density at radius 2 is 1.75 bits per heavy atom. The minimum Gasteiger partial charge on any atom is -0.384 e. The lowest BCUT2D eigenvalue weighted by Crippen LogP contribution is -1.96. The highest BCUT2D eigenvalue weighted by Gasteiger charge is 2.00. The Morgan fingerprint density at radius 3 is 2.45 bits per heavy atom. The van der Waals surface area contributed by atoms with Crippen molar-refractivity contribution in [3.63, 3.8) is 0 Å². The molecule has 3 heteroatoms. The van der Waals surface area contributed by atoms with Crippen LogP contribution in [-0.2, 0) is 18.0 Å². The second kappa shape index (κ2) is 7.44. The summed E-state index contributed by atoms with van der Waals surface area (Å²) >= 11 is 0. The fourth-order valence-electron chi connectivity index (χ4n) is 1.72. The Bertz CT molecular complexity index is 609. The maximum Gasteiger partial charge on any atom is 0.128 e. The number of halogens is 1. The molecule has 0 aliphatic rings. The van der Waals surface area contributed by atoms with Gasteiger partial charge in [0.25, 0.3) is 0 Å². The lowest BCUT2D eigenvalue weighted by Gasteiger charge is -2.05. The predicted molar refractivity (Wildman–Crippen MR) is 75.3 cm³/mol. The van der Waals surface area contributed by atoms with Crippen LogP contribution in [0.5, 0.6) is 0 Å². The summed E-state index contributed by atoms with van der Waals surface area (Å²) in [4.78, 5) is 0. The maximum atomic E-state index is 13.4. The monoisotopic (exact) mass is 270 g/mol. The minimum atomic E-state index is -0.248. The molecular formula is C17H15FO2. The highest BCUT2D eigenvalue weighted by Crippen LogP contribution is 2.10. The molecule has 20 heavy (non-hydrogen) atoms. The van der Waals surface area contributed by atoms with E-state index in [1.54, 1.807) is 18.2 Å². The molecule has 0 radical (unpaired) electrons. The quantitative estimate of drug-likeness (QED) is 0.866. The van der Waals surface area contributed by atoms with Crippen LogP contribution in [0, 0.1) is 17.7 Å². The molecule has 2 aromatic carbocycles.